The summed E-state index contributed by atoms with van der Waals surface area (Å²) < 4.78 is 0. The summed E-state index contributed by atoms with van der Waals surface area (Å²) in [6, 6.07) is 5.40. The van der Waals surface area contributed by atoms with Crippen LogP contribution in [0.3, 0.4) is 0 Å². The van der Waals surface area contributed by atoms with E-state index in [0.717, 1.165) is 18.2 Å². The highest BCUT2D eigenvalue weighted by Gasteiger charge is 2.53. The van der Waals surface area contributed by atoms with Gasteiger partial charge < -0.3 is 5.32 Å². The molecule has 18 heavy (non-hydrogen) atoms. The topological polar surface area (TPSA) is 55.2 Å². The van der Waals surface area contributed by atoms with Gasteiger partial charge in [0.15, 0.2) is 0 Å². The summed E-state index contributed by atoms with van der Waals surface area (Å²) in [4.78, 5) is 10.6. The van der Waals surface area contributed by atoms with Crippen molar-refractivity contribution in [1.82, 2.24) is 0 Å². The lowest BCUT2D eigenvalue weighted by atomic mass is 10.0. The highest BCUT2D eigenvalue weighted by Crippen LogP contribution is 2.61. The highest BCUT2D eigenvalue weighted by atomic mass is 16.6. The van der Waals surface area contributed by atoms with E-state index in [4.69, 9.17) is 0 Å². The molecule has 0 unspecified atom stereocenters. The van der Waals surface area contributed by atoms with Crippen LogP contribution in [0.2, 0.25) is 0 Å². The molecule has 0 atom stereocenters. The van der Waals surface area contributed by atoms with Gasteiger partial charge in [0, 0.05) is 23.9 Å². The first-order valence-corrected chi connectivity index (χ1v) is 6.60. The van der Waals surface area contributed by atoms with Crippen LogP contribution in [0.4, 0.5) is 11.4 Å². The number of aryl methyl sites for hydroxylation is 1. The number of benzene rings is 1. The van der Waals surface area contributed by atoms with Crippen LogP contribution in [-0.4, -0.2) is 11.5 Å². The first-order valence-electron chi connectivity index (χ1n) is 6.60. The van der Waals surface area contributed by atoms with Crippen molar-refractivity contribution in [3.05, 3.63) is 33.9 Å². The number of anilines is 1. The Bertz CT molecular complexity index is 491. The summed E-state index contributed by atoms with van der Waals surface area (Å²) in [7, 11) is 0. The first-order chi connectivity index (χ1) is 8.61. The van der Waals surface area contributed by atoms with Gasteiger partial charge in [-0.2, -0.15) is 0 Å². The Hall–Kier alpha value is -1.58. The molecule has 2 aliphatic carbocycles. The molecular weight excluding hydrogens is 228 g/mol. The summed E-state index contributed by atoms with van der Waals surface area (Å²) in [6.07, 6.45) is 5.38. The molecular formula is C14H18N2O2. The summed E-state index contributed by atoms with van der Waals surface area (Å²) in [5.41, 5.74) is 2.31. The third-order valence-corrected chi connectivity index (χ3v) is 4.39. The van der Waals surface area contributed by atoms with Crippen molar-refractivity contribution in [3.8, 4) is 0 Å². The van der Waals surface area contributed by atoms with Gasteiger partial charge in [-0.1, -0.05) is 6.07 Å². The lowest BCUT2D eigenvalue weighted by Gasteiger charge is -2.16. The van der Waals surface area contributed by atoms with E-state index in [0.29, 0.717) is 11.0 Å². The number of hydrogen-bond acceptors (Lipinski definition) is 3. The Morgan fingerprint density at radius 3 is 2.72 bits per heavy atom. The van der Waals surface area contributed by atoms with Gasteiger partial charge in [-0.3, -0.25) is 10.1 Å². The van der Waals surface area contributed by atoms with Crippen LogP contribution in [-0.2, 0) is 0 Å². The molecule has 3 rings (SSSR count). The van der Waals surface area contributed by atoms with E-state index >= 15 is 0 Å². The monoisotopic (exact) mass is 246 g/mol. The number of hydrogen-bond donors (Lipinski definition) is 1. The van der Waals surface area contributed by atoms with Gasteiger partial charge in [-0.05, 0) is 50.0 Å². The largest absolute Gasteiger partial charge is 0.384 e. The van der Waals surface area contributed by atoms with E-state index in [1.54, 1.807) is 13.0 Å². The molecule has 1 aromatic rings. The van der Waals surface area contributed by atoms with Crippen molar-refractivity contribution < 1.29 is 4.92 Å². The quantitative estimate of drug-likeness (QED) is 0.639. The minimum atomic E-state index is -0.311. The maximum Gasteiger partial charge on any atom is 0.274 e. The first kappa shape index (κ1) is 11.5. The van der Waals surface area contributed by atoms with Crippen LogP contribution in [0.5, 0.6) is 0 Å². The zero-order valence-corrected chi connectivity index (χ0v) is 10.6. The smallest absolute Gasteiger partial charge is 0.274 e. The molecule has 0 aliphatic heterocycles. The summed E-state index contributed by atoms with van der Waals surface area (Å²) in [6.45, 7) is 2.74. The number of nitro benzene ring substituents is 1. The molecule has 0 bridgehead atoms. The highest BCUT2D eigenvalue weighted by molar-refractivity contribution is 5.55. The second-order valence-corrected chi connectivity index (χ2v) is 5.75. The fourth-order valence-corrected chi connectivity index (χ4v) is 2.78. The molecule has 1 N–H and O–H groups in total. The maximum absolute atomic E-state index is 10.9. The number of nitrogens with zero attached hydrogens (tertiary/aromatic N) is 1. The lowest BCUT2D eigenvalue weighted by molar-refractivity contribution is -0.385. The maximum atomic E-state index is 10.9. The van der Waals surface area contributed by atoms with Crippen molar-refractivity contribution in [3.63, 3.8) is 0 Å². The van der Waals surface area contributed by atoms with Crippen LogP contribution in [0, 0.1) is 28.4 Å². The van der Waals surface area contributed by atoms with E-state index < -0.39 is 0 Å². The van der Waals surface area contributed by atoms with E-state index in [2.05, 4.69) is 5.32 Å². The molecule has 0 radical (unpaired) electrons. The molecule has 2 saturated carbocycles. The zero-order chi connectivity index (χ0) is 12.8. The van der Waals surface area contributed by atoms with E-state index in [-0.39, 0.29) is 10.6 Å². The van der Waals surface area contributed by atoms with Crippen molar-refractivity contribution in [1.29, 1.82) is 0 Å². The fourth-order valence-electron chi connectivity index (χ4n) is 2.78. The lowest BCUT2D eigenvalue weighted by Crippen LogP contribution is -2.17. The minimum absolute atomic E-state index is 0.205. The Kier molecular flexibility index (Phi) is 2.54. The van der Waals surface area contributed by atoms with Crippen LogP contribution in [0.1, 0.15) is 31.2 Å². The molecule has 0 saturated heterocycles. The summed E-state index contributed by atoms with van der Waals surface area (Å²) in [5.74, 6) is 0.908. The minimum Gasteiger partial charge on any atom is -0.384 e. The Morgan fingerprint density at radius 2 is 2.17 bits per heavy atom. The predicted molar refractivity (Wildman–Crippen MR) is 70.7 cm³/mol. The van der Waals surface area contributed by atoms with Crippen LogP contribution < -0.4 is 5.32 Å². The van der Waals surface area contributed by atoms with Crippen molar-refractivity contribution >= 4 is 11.4 Å². The normalized spacial score (nSPS) is 20.5. The standard InChI is InChI=1S/C14H18N2O2/c1-10-2-5-12(8-13(10)16(17)18)15-9-14(6-7-14)11-3-4-11/h2,5,8,11,15H,3-4,6-7,9H2,1H3. The average Bonchev–Trinajstić information content (AvgIpc) is 3.20. The Morgan fingerprint density at radius 1 is 1.44 bits per heavy atom. The SMILES string of the molecule is Cc1ccc(NCC2(C3CC3)CC2)cc1[N+](=O)[O-]. The van der Waals surface area contributed by atoms with Crippen molar-refractivity contribution in [2.24, 2.45) is 11.3 Å². The van der Waals surface area contributed by atoms with Crippen molar-refractivity contribution in [2.45, 2.75) is 32.6 Å². The number of nitrogens with one attached hydrogen (secondary N) is 1. The molecule has 0 heterocycles. The fraction of sp³-hybridized carbons (Fsp3) is 0.571. The van der Waals surface area contributed by atoms with Gasteiger partial charge in [0.2, 0.25) is 0 Å². The van der Waals surface area contributed by atoms with Gasteiger partial charge in [0.25, 0.3) is 5.69 Å². The predicted octanol–water partition coefficient (Wildman–Crippen LogP) is 3.51. The molecule has 0 spiro atoms. The van der Waals surface area contributed by atoms with E-state index in [9.17, 15) is 10.1 Å². The zero-order valence-electron chi connectivity index (χ0n) is 10.6. The van der Waals surface area contributed by atoms with Crippen LogP contribution in [0.25, 0.3) is 0 Å². The van der Waals surface area contributed by atoms with E-state index in [1.807, 2.05) is 12.1 Å². The third kappa shape index (κ3) is 2.07. The summed E-state index contributed by atoms with van der Waals surface area (Å²) in [5, 5.41) is 14.3. The van der Waals surface area contributed by atoms with Gasteiger partial charge in [-0.15, -0.1) is 0 Å². The Balaban J connectivity index is 1.69. The molecule has 4 nitrogen and oxygen atoms in total. The molecule has 96 valence electrons. The van der Waals surface area contributed by atoms with Crippen molar-refractivity contribution in [2.75, 3.05) is 11.9 Å². The average molecular weight is 246 g/mol. The summed E-state index contributed by atoms with van der Waals surface area (Å²) >= 11 is 0. The van der Waals surface area contributed by atoms with Crippen LogP contribution in [0.15, 0.2) is 18.2 Å². The van der Waals surface area contributed by atoms with Crippen LogP contribution >= 0.6 is 0 Å². The Labute approximate surface area is 107 Å². The molecule has 2 aliphatic rings. The molecule has 2 fully saturated rings. The molecule has 1 aromatic carbocycles. The third-order valence-electron chi connectivity index (χ3n) is 4.39. The molecule has 4 heteroatoms. The van der Waals surface area contributed by atoms with Gasteiger partial charge >= 0.3 is 0 Å². The van der Waals surface area contributed by atoms with Gasteiger partial charge in [0.1, 0.15) is 0 Å². The second-order valence-electron chi connectivity index (χ2n) is 5.75. The molecule has 0 amide bonds. The number of rotatable bonds is 5. The van der Waals surface area contributed by atoms with Gasteiger partial charge in [0.05, 0.1) is 4.92 Å². The van der Waals surface area contributed by atoms with Gasteiger partial charge in [-0.25, -0.2) is 0 Å². The molecule has 0 aromatic heterocycles. The second kappa shape index (κ2) is 3.97. The number of nitro groups is 1. The van der Waals surface area contributed by atoms with E-state index in [1.165, 1.54) is 25.7 Å².